The maximum Gasteiger partial charge on any atom is 0.228 e. The van der Waals surface area contributed by atoms with Crippen LogP contribution in [0, 0.1) is 12.8 Å². The summed E-state index contributed by atoms with van der Waals surface area (Å²) in [6.07, 6.45) is 2.77. The van der Waals surface area contributed by atoms with E-state index in [4.69, 9.17) is 0 Å². The molecule has 1 amide bonds. The summed E-state index contributed by atoms with van der Waals surface area (Å²) in [5, 5.41) is 11.9. The molecule has 0 saturated carbocycles. The van der Waals surface area contributed by atoms with E-state index >= 15 is 0 Å². The normalized spacial score (nSPS) is 14.5. The third kappa shape index (κ3) is 4.85. The van der Waals surface area contributed by atoms with Crippen molar-refractivity contribution in [3.8, 4) is 11.3 Å². The van der Waals surface area contributed by atoms with Crippen molar-refractivity contribution in [3.05, 3.63) is 71.8 Å². The monoisotopic (exact) mass is 400 g/mol. The van der Waals surface area contributed by atoms with E-state index in [9.17, 15) is 4.79 Å². The van der Waals surface area contributed by atoms with Gasteiger partial charge in [0.1, 0.15) is 0 Å². The van der Waals surface area contributed by atoms with Crippen LogP contribution in [0.25, 0.3) is 11.3 Å². The Bertz CT molecular complexity index is 1010. The van der Waals surface area contributed by atoms with E-state index < -0.39 is 0 Å². The molecule has 2 heterocycles. The molecular weight excluding hydrogens is 372 g/mol. The van der Waals surface area contributed by atoms with Gasteiger partial charge >= 0.3 is 0 Å². The van der Waals surface area contributed by atoms with Crippen LogP contribution < -0.4 is 10.2 Å². The molecule has 1 fully saturated rings. The summed E-state index contributed by atoms with van der Waals surface area (Å²) in [6.45, 7) is 6.41. The van der Waals surface area contributed by atoms with Crippen molar-refractivity contribution in [2.24, 2.45) is 5.92 Å². The molecule has 3 aromatic rings. The second-order valence-electron chi connectivity index (χ2n) is 8.18. The fourth-order valence-electron chi connectivity index (χ4n) is 3.83. The van der Waals surface area contributed by atoms with Crippen LogP contribution in [0.2, 0.25) is 0 Å². The van der Waals surface area contributed by atoms with Crippen LogP contribution in [-0.2, 0) is 11.2 Å². The Morgan fingerprint density at radius 2 is 1.83 bits per heavy atom. The summed E-state index contributed by atoms with van der Waals surface area (Å²) in [6, 6.07) is 19.8. The van der Waals surface area contributed by atoms with Gasteiger partial charge in [0.25, 0.3) is 0 Å². The molecule has 0 atom stereocenters. The van der Waals surface area contributed by atoms with Crippen molar-refractivity contribution in [2.75, 3.05) is 23.3 Å². The maximum atomic E-state index is 12.5. The number of hydrogen-bond acceptors (Lipinski definition) is 4. The summed E-state index contributed by atoms with van der Waals surface area (Å²) in [4.78, 5) is 14.8. The molecule has 30 heavy (non-hydrogen) atoms. The SMILES string of the molecule is Cc1ccccc1CC(=O)Nc1cccc(-c2ccc(N3CCC(C)CC3)nn2)c1. The predicted octanol–water partition coefficient (Wildman–Crippen LogP) is 4.87. The third-order valence-electron chi connectivity index (χ3n) is 5.81. The van der Waals surface area contributed by atoms with Gasteiger partial charge in [-0.25, -0.2) is 0 Å². The number of hydrogen-bond donors (Lipinski definition) is 1. The van der Waals surface area contributed by atoms with E-state index in [0.29, 0.717) is 6.42 Å². The van der Waals surface area contributed by atoms with Crippen LogP contribution in [0.5, 0.6) is 0 Å². The molecule has 5 heteroatoms. The van der Waals surface area contributed by atoms with Crippen molar-refractivity contribution in [2.45, 2.75) is 33.1 Å². The molecule has 4 rings (SSSR count). The predicted molar refractivity (Wildman–Crippen MR) is 122 cm³/mol. The van der Waals surface area contributed by atoms with Gasteiger partial charge in [-0.1, -0.05) is 43.3 Å². The van der Waals surface area contributed by atoms with Crippen LogP contribution >= 0.6 is 0 Å². The third-order valence-corrected chi connectivity index (χ3v) is 5.81. The van der Waals surface area contributed by atoms with Crippen LogP contribution in [0.4, 0.5) is 11.5 Å². The minimum atomic E-state index is -0.0257. The van der Waals surface area contributed by atoms with Crippen molar-refractivity contribution in [1.29, 1.82) is 0 Å². The van der Waals surface area contributed by atoms with Crippen molar-refractivity contribution >= 4 is 17.4 Å². The topological polar surface area (TPSA) is 58.1 Å². The highest BCUT2D eigenvalue weighted by molar-refractivity contribution is 5.93. The molecular formula is C25H28N4O. The second-order valence-corrected chi connectivity index (χ2v) is 8.18. The second kappa shape index (κ2) is 9.08. The first-order valence-electron chi connectivity index (χ1n) is 10.6. The number of anilines is 2. The Morgan fingerprint density at radius 3 is 2.57 bits per heavy atom. The number of piperidine rings is 1. The van der Waals surface area contributed by atoms with Crippen LogP contribution in [0.3, 0.4) is 0 Å². The summed E-state index contributed by atoms with van der Waals surface area (Å²) in [5.74, 6) is 1.70. The molecule has 154 valence electrons. The van der Waals surface area contributed by atoms with E-state index in [1.807, 2.05) is 67.6 Å². The average Bonchev–Trinajstić information content (AvgIpc) is 2.76. The Kier molecular flexibility index (Phi) is 6.07. The molecule has 1 saturated heterocycles. The largest absolute Gasteiger partial charge is 0.355 e. The molecule has 0 radical (unpaired) electrons. The first kappa shape index (κ1) is 20.1. The first-order valence-corrected chi connectivity index (χ1v) is 10.6. The van der Waals surface area contributed by atoms with Gasteiger partial charge in [0.05, 0.1) is 12.1 Å². The number of amides is 1. The number of aryl methyl sites for hydroxylation is 1. The molecule has 5 nitrogen and oxygen atoms in total. The van der Waals surface area contributed by atoms with Crippen LogP contribution in [-0.4, -0.2) is 29.2 Å². The lowest BCUT2D eigenvalue weighted by Gasteiger charge is -2.30. The average molecular weight is 401 g/mol. The smallest absolute Gasteiger partial charge is 0.228 e. The van der Waals surface area contributed by atoms with Gasteiger partial charge in [-0.2, -0.15) is 0 Å². The standard InChI is InChI=1S/C25H28N4O/c1-18-12-14-29(15-13-18)24-11-10-23(27-28-24)21-8-5-9-22(16-21)26-25(30)17-20-7-4-3-6-19(20)2/h3-11,16,18H,12-15,17H2,1-2H3,(H,26,30). The van der Waals surface area contributed by atoms with Gasteiger partial charge in [-0.3, -0.25) is 4.79 Å². The lowest BCUT2D eigenvalue weighted by molar-refractivity contribution is -0.115. The Hall–Kier alpha value is -3.21. The zero-order valence-corrected chi connectivity index (χ0v) is 17.6. The number of carbonyl (C=O) groups is 1. The Labute approximate surface area is 178 Å². The number of nitrogens with zero attached hydrogens (tertiary/aromatic N) is 3. The minimum absolute atomic E-state index is 0.0257. The van der Waals surface area contributed by atoms with Crippen LogP contribution in [0.1, 0.15) is 30.9 Å². The highest BCUT2D eigenvalue weighted by Gasteiger charge is 2.17. The number of benzene rings is 2. The van der Waals surface area contributed by atoms with Gasteiger partial charge in [0.2, 0.25) is 5.91 Å². The summed E-state index contributed by atoms with van der Waals surface area (Å²) in [7, 11) is 0. The first-order chi connectivity index (χ1) is 14.6. The van der Waals surface area contributed by atoms with Gasteiger partial charge in [-0.05, 0) is 61.1 Å². The molecule has 1 N–H and O–H groups in total. The molecule has 1 aliphatic heterocycles. The minimum Gasteiger partial charge on any atom is -0.355 e. The van der Waals surface area contributed by atoms with E-state index in [0.717, 1.165) is 52.9 Å². The van der Waals surface area contributed by atoms with E-state index in [2.05, 4.69) is 27.3 Å². The fourth-order valence-corrected chi connectivity index (χ4v) is 3.83. The van der Waals surface area contributed by atoms with E-state index in [1.54, 1.807) is 0 Å². The number of rotatable bonds is 5. The zero-order valence-electron chi connectivity index (χ0n) is 17.6. The highest BCUT2D eigenvalue weighted by atomic mass is 16.1. The highest BCUT2D eigenvalue weighted by Crippen LogP contribution is 2.24. The number of nitrogens with one attached hydrogen (secondary N) is 1. The fraction of sp³-hybridized carbons (Fsp3) is 0.320. The summed E-state index contributed by atoms with van der Waals surface area (Å²) in [5.41, 5.74) is 4.68. The molecule has 0 unspecified atom stereocenters. The molecule has 2 aromatic carbocycles. The van der Waals surface area contributed by atoms with Gasteiger partial charge < -0.3 is 10.2 Å². The Balaban J connectivity index is 1.43. The van der Waals surface area contributed by atoms with Gasteiger partial charge in [0, 0.05) is 24.3 Å². The van der Waals surface area contributed by atoms with Crippen molar-refractivity contribution < 1.29 is 4.79 Å². The van der Waals surface area contributed by atoms with Crippen molar-refractivity contribution in [1.82, 2.24) is 10.2 Å². The lowest BCUT2D eigenvalue weighted by atomic mass is 9.99. The molecule has 0 aliphatic carbocycles. The maximum absolute atomic E-state index is 12.5. The Morgan fingerprint density at radius 1 is 1.03 bits per heavy atom. The molecule has 1 aromatic heterocycles. The summed E-state index contributed by atoms with van der Waals surface area (Å²) >= 11 is 0. The summed E-state index contributed by atoms with van der Waals surface area (Å²) < 4.78 is 0. The number of carbonyl (C=O) groups excluding carboxylic acids is 1. The lowest BCUT2D eigenvalue weighted by Crippen LogP contribution is -2.33. The van der Waals surface area contributed by atoms with E-state index in [-0.39, 0.29) is 5.91 Å². The quantitative estimate of drug-likeness (QED) is 0.664. The van der Waals surface area contributed by atoms with E-state index in [1.165, 1.54) is 12.8 Å². The van der Waals surface area contributed by atoms with Crippen LogP contribution in [0.15, 0.2) is 60.7 Å². The van der Waals surface area contributed by atoms with Crippen molar-refractivity contribution in [3.63, 3.8) is 0 Å². The molecule has 1 aliphatic rings. The molecule has 0 spiro atoms. The van der Waals surface area contributed by atoms with Gasteiger partial charge in [0.15, 0.2) is 5.82 Å². The molecule has 0 bridgehead atoms. The van der Waals surface area contributed by atoms with Gasteiger partial charge in [-0.15, -0.1) is 10.2 Å². The zero-order chi connectivity index (χ0) is 20.9. The number of aromatic nitrogens is 2.